The van der Waals surface area contributed by atoms with Crippen LogP contribution in [0.2, 0.25) is 0 Å². The molecule has 0 fully saturated rings. The fourth-order valence-corrected chi connectivity index (χ4v) is 1.41. The van der Waals surface area contributed by atoms with Crippen molar-refractivity contribution in [2.75, 3.05) is 0 Å². The van der Waals surface area contributed by atoms with Crippen molar-refractivity contribution in [3.8, 4) is 6.07 Å². The van der Waals surface area contributed by atoms with Crippen molar-refractivity contribution in [2.24, 2.45) is 0 Å². The molecule has 0 saturated carbocycles. The SMILES string of the molecule is N#C/C(=C\c1ccc(Br)cc1)c1nn[nH]n1. The van der Waals surface area contributed by atoms with Crippen molar-refractivity contribution in [3.63, 3.8) is 0 Å². The molecular weight excluding hydrogens is 270 g/mol. The average molecular weight is 276 g/mol. The second kappa shape index (κ2) is 4.68. The van der Waals surface area contributed by atoms with Gasteiger partial charge in [0.2, 0.25) is 5.82 Å². The number of aromatic amines is 1. The van der Waals surface area contributed by atoms with Crippen LogP contribution in [0, 0.1) is 11.3 Å². The quantitative estimate of drug-likeness (QED) is 0.851. The van der Waals surface area contributed by atoms with E-state index in [4.69, 9.17) is 5.26 Å². The summed E-state index contributed by atoms with van der Waals surface area (Å²) in [5, 5.41) is 22.2. The van der Waals surface area contributed by atoms with Crippen LogP contribution in [0.15, 0.2) is 28.7 Å². The van der Waals surface area contributed by atoms with Crippen LogP contribution in [0.4, 0.5) is 0 Å². The maximum absolute atomic E-state index is 8.96. The molecule has 6 heteroatoms. The highest BCUT2D eigenvalue weighted by molar-refractivity contribution is 9.10. The summed E-state index contributed by atoms with van der Waals surface area (Å²) in [6, 6.07) is 9.61. The predicted molar refractivity (Wildman–Crippen MR) is 61.8 cm³/mol. The summed E-state index contributed by atoms with van der Waals surface area (Å²) < 4.78 is 0.989. The van der Waals surface area contributed by atoms with Gasteiger partial charge in [0.25, 0.3) is 0 Å². The monoisotopic (exact) mass is 275 g/mol. The molecule has 1 N–H and O–H groups in total. The van der Waals surface area contributed by atoms with E-state index < -0.39 is 0 Å². The summed E-state index contributed by atoms with van der Waals surface area (Å²) in [6.45, 7) is 0. The Morgan fingerprint density at radius 2 is 2.12 bits per heavy atom. The van der Waals surface area contributed by atoms with Gasteiger partial charge in [-0.05, 0) is 29.0 Å². The molecule has 1 aromatic heterocycles. The molecule has 2 rings (SSSR count). The molecule has 0 spiro atoms. The number of aromatic nitrogens is 4. The summed E-state index contributed by atoms with van der Waals surface area (Å²) in [5.74, 6) is 0.297. The minimum absolute atomic E-state index is 0.297. The van der Waals surface area contributed by atoms with E-state index in [2.05, 4.69) is 36.6 Å². The predicted octanol–water partition coefficient (Wildman–Crippen LogP) is 2.03. The van der Waals surface area contributed by atoms with E-state index in [0.29, 0.717) is 11.4 Å². The second-order valence-electron chi connectivity index (χ2n) is 2.96. The first-order valence-corrected chi connectivity index (χ1v) is 5.20. The first-order chi connectivity index (χ1) is 7.79. The van der Waals surface area contributed by atoms with Gasteiger partial charge in [0.05, 0.1) is 0 Å². The third-order valence-corrected chi connectivity index (χ3v) is 2.42. The maximum atomic E-state index is 8.96. The fraction of sp³-hybridized carbons (Fsp3) is 0. The Labute approximate surface area is 99.9 Å². The van der Waals surface area contributed by atoms with Crippen molar-refractivity contribution >= 4 is 27.6 Å². The van der Waals surface area contributed by atoms with Crippen molar-refractivity contribution in [1.82, 2.24) is 20.6 Å². The number of allylic oxidation sites excluding steroid dienone is 1. The van der Waals surface area contributed by atoms with Gasteiger partial charge >= 0.3 is 0 Å². The topological polar surface area (TPSA) is 78.2 Å². The second-order valence-corrected chi connectivity index (χ2v) is 3.87. The number of rotatable bonds is 2. The minimum Gasteiger partial charge on any atom is -0.192 e. The Morgan fingerprint density at radius 3 is 2.69 bits per heavy atom. The Morgan fingerprint density at radius 1 is 1.38 bits per heavy atom. The van der Waals surface area contributed by atoms with E-state index in [1.54, 1.807) is 6.08 Å². The molecule has 1 aromatic carbocycles. The minimum atomic E-state index is 0.297. The summed E-state index contributed by atoms with van der Waals surface area (Å²) in [5.41, 5.74) is 1.28. The van der Waals surface area contributed by atoms with E-state index in [1.165, 1.54) is 0 Å². The van der Waals surface area contributed by atoms with Crippen molar-refractivity contribution < 1.29 is 0 Å². The largest absolute Gasteiger partial charge is 0.215 e. The molecule has 0 aliphatic heterocycles. The van der Waals surface area contributed by atoms with Crippen LogP contribution in [0.5, 0.6) is 0 Å². The van der Waals surface area contributed by atoms with Gasteiger partial charge in [0.1, 0.15) is 11.6 Å². The molecule has 1 heterocycles. The highest BCUT2D eigenvalue weighted by Gasteiger charge is 2.05. The molecule has 0 unspecified atom stereocenters. The lowest BCUT2D eigenvalue weighted by Crippen LogP contribution is -1.85. The first kappa shape index (κ1) is 10.5. The Bertz CT molecular complexity index is 536. The summed E-state index contributed by atoms with van der Waals surface area (Å²) in [7, 11) is 0. The lowest BCUT2D eigenvalue weighted by atomic mass is 10.1. The van der Waals surface area contributed by atoms with Gasteiger partial charge in [0, 0.05) is 4.47 Å². The molecular formula is C10H6BrN5. The first-order valence-electron chi connectivity index (χ1n) is 4.41. The van der Waals surface area contributed by atoms with E-state index in [-0.39, 0.29) is 0 Å². The fourth-order valence-electron chi connectivity index (χ4n) is 1.15. The summed E-state index contributed by atoms with van der Waals surface area (Å²) in [4.78, 5) is 0. The van der Waals surface area contributed by atoms with E-state index in [0.717, 1.165) is 10.0 Å². The maximum Gasteiger partial charge on any atom is 0.215 e. The van der Waals surface area contributed by atoms with Crippen LogP contribution in [-0.4, -0.2) is 20.6 Å². The number of hydrogen-bond donors (Lipinski definition) is 1. The van der Waals surface area contributed by atoms with Gasteiger partial charge < -0.3 is 0 Å². The smallest absolute Gasteiger partial charge is 0.192 e. The average Bonchev–Trinajstić information content (AvgIpc) is 2.82. The molecule has 16 heavy (non-hydrogen) atoms. The van der Waals surface area contributed by atoms with Crippen LogP contribution in [-0.2, 0) is 0 Å². The van der Waals surface area contributed by atoms with E-state index >= 15 is 0 Å². The molecule has 0 bridgehead atoms. The van der Waals surface area contributed by atoms with Crippen molar-refractivity contribution in [3.05, 3.63) is 40.1 Å². The number of H-pyrrole nitrogens is 1. The van der Waals surface area contributed by atoms with Crippen LogP contribution in [0.25, 0.3) is 11.6 Å². The van der Waals surface area contributed by atoms with Gasteiger partial charge in [-0.3, -0.25) is 0 Å². The van der Waals surface area contributed by atoms with Crippen LogP contribution >= 0.6 is 15.9 Å². The molecule has 5 nitrogen and oxygen atoms in total. The third-order valence-electron chi connectivity index (χ3n) is 1.89. The molecule has 0 amide bonds. The van der Waals surface area contributed by atoms with Crippen LogP contribution < -0.4 is 0 Å². The van der Waals surface area contributed by atoms with Gasteiger partial charge in [-0.25, -0.2) is 0 Å². The summed E-state index contributed by atoms with van der Waals surface area (Å²) in [6.07, 6.45) is 1.71. The molecule has 0 atom stereocenters. The third kappa shape index (κ3) is 2.32. The normalized spacial score (nSPS) is 11.1. The van der Waals surface area contributed by atoms with E-state index in [9.17, 15) is 0 Å². The van der Waals surface area contributed by atoms with Gasteiger partial charge in [-0.1, -0.05) is 28.1 Å². The van der Waals surface area contributed by atoms with Gasteiger partial charge in [0.15, 0.2) is 0 Å². The molecule has 0 aliphatic carbocycles. The molecule has 0 aliphatic rings. The lowest BCUT2D eigenvalue weighted by molar-refractivity contribution is 0.881. The zero-order valence-electron chi connectivity index (χ0n) is 8.05. The zero-order valence-corrected chi connectivity index (χ0v) is 9.64. The Kier molecular flexibility index (Phi) is 3.08. The van der Waals surface area contributed by atoms with Gasteiger partial charge in [-0.2, -0.15) is 10.5 Å². The van der Waals surface area contributed by atoms with Gasteiger partial charge in [-0.15, -0.1) is 10.2 Å². The molecule has 2 aromatic rings. The number of tetrazole rings is 1. The van der Waals surface area contributed by atoms with E-state index in [1.807, 2.05) is 30.3 Å². The standard InChI is InChI=1S/C10H6BrN5/c11-9-3-1-7(2-4-9)5-8(6-12)10-13-15-16-14-10/h1-5H,(H,13,14,15,16)/b8-5+. The molecule has 78 valence electrons. The number of halogens is 1. The van der Waals surface area contributed by atoms with Crippen molar-refractivity contribution in [1.29, 1.82) is 5.26 Å². The number of hydrogen-bond acceptors (Lipinski definition) is 4. The Balaban J connectivity index is 2.36. The Hall–Kier alpha value is -2.00. The lowest BCUT2D eigenvalue weighted by Gasteiger charge is -1.94. The number of nitrogens with one attached hydrogen (secondary N) is 1. The number of nitriles is 1. The highest BCUT2D eigenvalue weighted by Crippen LogP contribution is 2.15. The molecule has 0 radical (unpaired) electrons. The zero-order chi connectivity index (χ0) is 11.4. The molecule has 0 saturated heterocycles. The number of nitrogens with zero attached hydrogens (tertiary/aromatic N) is 4. The van der Waals surface area contributed by atoms with Crippen molar-refractivity contribution in [2.45, 2.75) is 0 Å². The van der Waals surface area contributed by atoms with Crippen LogP contribution in [0.3, 0.4) is 0 Å². The highest BCUT2D eigenvalue weighted by atomic mass is 79.9. The summed E-state index contributed by atoms with van der Waals surface area (Å²) >= 11 is 3.34. The van der Waals surface area contributed by atoms with Crippen LogP contribution in [0.1, 0.15) is 11.4 Å². The number of benzene rings is 1.